The van der Waals surface area contributed by atoms with E-state index in [2.05, 4.69) is 20.6 Å². The molecule has 1 aromatic carbocycles. The molecule has 0 atom stereocenters. The average molecular weight is 353 g/mol. The third-order valence-corrected chi connectivity index (χ3v) is 5.46. The highest BCUT2D eigenvalue weighted by Crippen LogP contribution is 2.35. The summed E-state index contributed by atoms with van der Waals surface area (Å²) < 4.78 is 1.68. The molecule has 0 aliphatic heterocycles. The summed E-state index contributed by atoms with van der Waals surface area (Å²) in [7, 11) is 0. The van der Waals surface area contributed by atoms with Crippen LogP contribution in [0.25, 0.3) is 5.69 Å². The number of hydrogen-bond donors (Lipinski definition) is 1. The molecule has 1 saturated carbocycles. The van der Waals surface area contributed by atoms with Crippen LogP contribution >= 0.6 is 11.3 Å². The first-order chi connectivity index (χ1) is 12.3. The molecule has 0 unspecified atom stereocenters. The average Bonchev–Trinajstić information content (AvgIpc) is 3.33. The van der Waals surface area contributed by atoms with Gasteiger partial charge in [0.2, 0.25) is 5.13 Å². The molecule has 0 spiro atoms. The topological polar surface area (TPSA) is 72.7 Å². The van der Waals surface area contributed by atoms with Crippen LogP contribution in [0.15, 0.2) is 42.6 Å². The maximum atomic E-state index is 12.4. The number of benzene rings is 1. The first kappa shape index (κ1) is 16.0. The first-order valence-corrected chi connectivity index (χ1v) is 9.37. The van der Waals surface area contributed by atoms with Crippen molar-refractivity contribution in [2.24, 2.45) is 0 Å². The van der Waals surface area contributed by atoms with Crippen molar-refractivity contribution in [3.63, 3.8) is 0 Å². The quantitative estimate of drug-likeness (QED) is 0.769. The van der Waals surface area contributed by atoms with Crippen molar-refractivity contribution in [3.8, 4) is 5.69 Å². The van der Waals surface area contributed by atoms with Gasteiger partial charge >= 0.3 is 0 Å². The Hall–Kier alpha value is -2.54. The molecule has 0 bridgehead atoms. The predicted octanol–water partition coefficient (Wildman–Crippen LogP) is 4.02. The molecule has 3 aromatic rings. The predicted molar refractivity (Wildman–Crippen MR) is 97.3 cm³/mol. The van der Waals surface area contributed by atoms with Gasteiger partial charge in [-0.15, -0.1) is 10.2 Å². The molecule has 128 valence electrons. The van der Waals surface area contributed by atoms with E-state index in [4.69, 9.17) is 0 Å². The molecule has 2 heterocycles. The number of nitrogens with one attached hydrogen (secondary N) is 1. The van der Waals surface area contributed by atoms with Gasteiger partial charge < -0.3 is 0 Å². The highest BCUT2D eigenvalue weighted by Gasteiger charge is 2.20. The zero-order valence-electron chi connectivity index (χ0n) is 13.8. The van der Waals surface area contributed by atoms with Crippen LogP contribution in [0.2, 0.25) is 0 Å². The summed E-state index contributed by atoms with van der Waals surface area (Å²) in [6.07, 6.45) is 7.93. The summed E-state index contributed by atoms with van der Waals surface area (Å²) in [5, 5.41) is 17.1. The fraction of sp³-hybridized carbons (Fsp3) is 0.333. The van der Waals surface area contributed by atoms with Gasteiger partial charge in [0, 0.05) is 12.1 Å². The highest BCUT2D eigenvalue weighted by atomic mass is 32.1. The Morgan fingerprint density at radius 3 is 2.68 bits per heavy atom. The van der Waals surface area contributed by atoms with E-state index in [1.54, 1.807) is 16.9 Å². The molecular weight excluding hydrogens is 334 g/mol. The number of anilines is 1. The van der Waals surface area contributed by atoms with Crippen LogP contribution in [-0.4, -0.2) is 25.9 Å². The Bertz CT molecular complexity index is 851. The smallest absolute Gasteiger partial charge is 0.277 e. The van der Waals surface area contributed by atoms with Crippen molar-refractivity contribution in [3.05, 3.63) is 53.3 Å². The number of hydrogen-bond acceptors (Lipinski definition) is 5. The summed E-state index contributed by atoms with van der Waals surface area (Å²) >= 11 is 1.48. The SMILES string of the molecule is O=C(Nc1nnc(C2CCCCC2)s1)c1ccn(-c2ccccc2)n1. The number of carbonyl (C=O) groups is 1. The first-order valence-electron chi connectivity index (χ1n) is 8.55. The minimum absolute atomic E-state index is 0.263. The second-order valence-corrected chi connectivity index (χ2v) is 7.22. The molecule has 2 aromatic heterocycles. The summed E-state index contributed by atoms with van der Waals surface area (Å²) in [6, 6.07) is 11.4. The summed E-state index contributed by atoms with van der Waals surface area (Å²) in [4.78, 5) is 12.4. The van der Waals surface area contributed by atoms with Crippen LogP contribution < -0.4 is 5.32 Å². The number of nitrogens with zero attached hydrogens (tertiary/aromatic N) is 4. The molecule has 4 rings (SSSR count). The molecular formula is C18H19N5OS. The van der Waals surface area contributed by atoms with Gasteiger partial charge in [-0.1, -0.05) is 48.8 Å². The number of para-hydroxylation sites is 1. The number of aromatic nitrogens is 4. The third-order valence-electron chi connectivity index (χ3n) is 4.46. The van der Waals surface area contributed by atoms with E-state index < -0.39 is 0 Å². The van der Waals surface area contributed by atoms with E-state index in [-0.39, 0.29) is 5.91 Å². The highest BCUT2D eigenvalue weighted by molar-refractivity contribution is 7.15. The van der Waals surface area contributed by atoms with Gasteiger partial charge in [0.05, 0.1) is 5.69 Å². The molecule has 0 saturated heterocycles. The molecule has 7 heteroatoms. The van der Waals surface area contributed by atoms with Gasteiger partial charge in [-0.3, -0.25) is 10.1 Å². The standard InChI is InChI=1S/C18H19N5OS/c24-16(15-11-12-23(22-15)14-9-5-2-6-10-14)19-18-21-20-17(25-18)13-7-3-1-4-8-13/h2,5-6,9-13H,1,3-4,7-8H2,(H,19,21,24). The fourth-order valence-electron chi connectivity index (χ4n) is 3.13. The van der Waals surface area contributed by atoms with Gasteiger partial charge in [0.15, 0.2) is 5.69 Å². The molecule has 25 heavy (non-hydrogen) atoms. The monoisotopic (exact) mass is 353 g/mol. The molecule has 0 radical (unpaired) electrons. The Balaban J connectivity index is 1.44. The van der Waals surface area contributed by atoms with Gasteiger partial charge in [0.25, 0.3) is 5.91 Å². The Kier molecular flexibility index (Phi) is 4.56. The summed E-state index contributed by atoms with van der Waals surface area (Å²) in [6.45, 7) is 0. The maximum absolute atomic E-state index is 12.4. The van der Waals surface area contributed by atoms with Crippen LogP contribution in [0.4, 0.5) is 5.13 Å². The minimum Gasteiger partial charge on any atom is -0.295 e. The molecule has 1 aliphatic rings. The van der Waals surface area contributed by atoms with Gasteiger partial charge in [0.1, 0.15) is 5.01 Å². The van der Waals surface area contributed by atoms with E-state index in [0.29, 0.717) is 16.7 Å². The molecule has 1 aliphatic carbocycles. The molecule has 6 nitrogen and oxygen atoms in total. The molecule has 1 N–H and O–H groups in total. The van der Waals surface area contributed by atoms with Crippen molar-refractivity contribution in [2.45, 2.75) is 38.0 Å². The zero-order valence-corrected chi connectivity index (χ0v) is 14.6. The van der Waals surface area contributed by atoms with Gasteiger partial charge in [-0.25, -0.2) is 4.68 Å². The van der Waals surface area contributed by atoms with Gasteiger partial charge in [-0.2, -0.15) is 5.10 Å². The minimum atomic E-state index is -0.263. The van der Waals surface area contributed by atoms with Crippen LogP contribution in [0.3, 0.4) is 0 Å². The lowest BCUT2D eigenvalue weighted by Gasteiger charge is -2.18. The van der Waals surface area contributed by atoms with E-state index in [1.165, 1.54) is 43.4 Å². The Morgan fingerprint density at radius 2 is 1.88 bits per heavy atom. The third kappa shape index (κ3) is 3.61. The number of amides is 1. The lowest BCUT2D eigenvalue weighted by Crippen LogP contribution is -2.13. The van der Waals surface area contributed by atoms with Crippen LogP contribution in [-0.2, 0) is 0 Å². The summed E-state index contributed by atoms with van der Waals surface area (Å²) in [5.41, 5.74) is 1.27. The van der Waals surface area contributed by atoms with Crippen molar-refractivity contribution < 1.29 is 4.79 Å². The van der Waals surface area contributed by atoms with E-state index in [9.17, 15) is 4.79 Å². The second-order valence-electron chi connectivity index (χ2n) is 6.22. The normalized spacial score (nSPS) is 15.2. The maximum Gasteiger partial charge on any atom is 0.277 e. The largest absolute Gasteiger partial charge is 0.295 e. The fourth-order valence-corrected chi connectivity index (χ4v) is 4.04. The van der Waals surface area contributed by atoms with Crippen molar-refractivity contribution in [1.82, 2.24) is 20.0 Å². The number of rotatable bonds is 4. The van der Waals surface area contributed by atoms with Crippen LogP contribution in [0.1, 0.15) is 53.5 Å². The Labute approximate surface area is 149 Å². The van der Waals surface area contributed by atoms with Crippen molar-refractivity contribution in [2.75, 3.05) is 5.32 Å². The van der Waals surface area contributed by atoms with E-state index in [1.807, 2.05) is 30.3 Å². The van der Waals surface area contributed by atoms with Crippen molar-refractivity contribution >= 4 is 22.4 Å². The Morgan fingerprint density at radius 1 is 1.08 bits per heavy atom. The second kappa shape index (κ2) is 7.14. The summed E-state index contributed by atoms with van der Waals surface area (Å²) in [5.74, 6) is 0.232. The van der Waals surface area contributed by atoms with E-state index in [0.717, 1.165) is 10.7 Å². The molecule has 1 fully saturated rings. The molecule has 1 amide bonds. The lowest BCUT2D eigenvalue weighted by molar-refractivity contribution is 0.102. The number of carbonyl (C=O) groups excluding carboxylic acids is 1. The van der Waals surface area contributed by atoms with Crippen LogP contribution in [0.5, 0.6) is 0 Å². The van der Waals surface area contributed by atoms with Crippen molar-refractivity contribution in [1.29, 1.82) is 0 Å². The zero-order chi connectivity index (χ0) is 17.1. The van der Waals surface area contributed by atoms with E-state index >= 15 is 0 Å². The van der Waals surface area contributed by atoms with Crippen LogP contribution in [0, 0.1) is 0 Å². The lowest BCUT2D eigenvalue weighted by atomic mass is 9.90. The van der Waals surface area contributed by atoms with Gasteiger partial charge in [-0.05, 0) is 31.0 Å².